The van der Waals surface area contributed by atoms with Crippen LogP contribution in [0.3, 0.4) is 0 Å². The van der Waals surface area contributed by atoms with Gasteiger partial charge in [0, 0.05) is 18.4 Å². The molecule has 2 N–H and O–H groups in total. The fourth-order valence-corrected chi connectivity index (χ4v) is 3.25. The minimum absolute atomic E-state index is 0.0434. The molecular formula is C24H22N4O2. The summed E-state index contributed by atoms with van der Waals surface area (Å²) in [6.45, 7) is 2.33. The quantitative estimate of drug-likeness (QED) is 0.519. The number of amides is 2. The van der Waals surface area contributed by atoms with Crippen molar-refractivity contribution >= 4 is 23.1 Å². The van der Waals surface area contributed by atoms with Crippen LogP contribution in [-0.4, -0.2) is 21.2 Å². The molecule has 0 atom stereocenters. The molecule has 4 aromatic rings. The summed E-state index contributed by atoms with van der Waals surface area (Å²) in [5.41, 5.74) is 4.72. The number of nitrogens with one attached hydrogen (secondary N) is 2. The first-order valence-electron chi connectivity index (χ1n) is 9.74. The van der Waals surface area contributed by atoms with Gasteiger partial charge >= 0.3 is 0 Å². The summed E-state index contributed by atoms with van der Waals surface area (Å²) in [7, 11) is 0. The lowest BCUT2D eigenvalue weighted by Gasteiger charge is -2.11. The number of hydrogen-bond donors (Lipinski definition) is 2. The molecule has 0 saturated carbocycles. The number of aryl methyl sites for hydroxylation is 1. The normalized spacial score (nSPS) is 10.7. The Balaban J connectivity index is 1.43. The molecule has 2 aromatic carbocycles. The Kier molecular flexibility index (Phi) is 5.57. The third kappa shape index (κ3) is 4.38. The number of carbonyl (C=O) groups excluding carboxylic acids is 2. The zero-order chi connectivity index (χ0) is 20.9. The highest BCUT2D eigenvalue weighted by Crippen LogP contribution is 2.18. The van der Waals surface area contributed by atoms with Crippen LogP contribution in [0, 0.1) is 6.92 Å². The standard InChI is InChI=1S/C24H22N4O2/c1-17-10-11-19(15-26-23(29)14-18-7-3-2-4-8-18)13-20(17)27-24(30)21-16-25-22-9-5-6-12-28(21)22/h2-13,16H,14-15H2,1H3,(H,26,29)(H,27,30). The lowest BCUT2D eigenvalue weighted by molar-refractivity contribution is -0.120. The fourth-order valence-electron chi connectivity index (χ4n) is 3.25. The van der Waals surface area contributed by atoms with Crippen molar-refractivity contribution in [3.63, 3.8) is 0 Å². The van der Waals surface area contributed by atoms with Gasteiger partial charge < -0.3 is 10.6 Å². The van der Waals surface area contributed by atoms with Gasteiger partial charge in [-0.3, -0.25) is 14.0 Å². The number of nitrogens with zero attached hydrogens (tertiary/aromatic N) is 2. The first-order valence-corrected chi connectivity index (χ1v) is 9.74. The Morgan fingerprint density at radius 2 is 1.77 bits per heavy atom. The Hall–Kier alpha value is -3.93. The molecule has 2 amide bonds. The maximum absolute atomic E-state index is 12.8. The van der Waals surface area contributed by atoms with Crippen molar-refractivity contribution in [1.82, 2.24) is 14.7 Å². The number of pyridine rings is 1. The summed E-state index contributed by atoms with van der Waals surface area (Å²) in [6.07, 6.45) is 3.71. The van der Waals surface area contributed by atoms with Gasteiger partial charge in [-0.15, -0.1) is 0 Å². The smallest absolute Gasteiger partial charge is 0.274 e. The van der Waals surface area contributed by atoms with E-state index in [2.05, 4.69) is 15.6 Å². The van der Waals surface area contributed by atoms with Gasteiger partial charge in [-0.1, -0.05) is 48.5 Å². The lowest BCUT2D eigenvalue weighted by atomic mass is 10.1. The average molecular weight is 398 g/mol. The number of imidazole rings is 1. The van der Waals surface area contributed by atoms with Crippen LogP contribution < -0.4 is 10.6 Å². The van der Waals surface area contributed by atoms with E-state index in [4.69, 9.17) is 0 Å². The summed E-state index contributed by atoms with van der Waals surface area (Å²) in [5.74, 6) is -0.278. The van der Waals surface area contributed by atoms with Gasteiger partial charge in [-0.2, -0.15) is 0 Å². The van der Waals surface area contributed by atoms with Gasteiger partial charge in [0.25, 0.3) is 5.91 Å². The van der Waals surface area contributed by atoms with Crippen molar-refractivity contribution in [2.24, 2.45) is 0 Å². The summed E-state index contributed by atoms with van der Waals surface area (Å²) >= 11 is 0. The predicted molar refractivity (Wildman–Crippen MR) is 116 cm³/mol. The molecule has 2 aromatic heterocycles. The minimum Gasteiger partial charge on any atom is -0.352 e. The molecule has 0 radical (unpaired) electrons. The van der Waals surface area contributed by atoms with Crippen LogP contribution in [0.25, 0.3) is 5.65 Å². The number of anilines is 1. The number of aromatic nitrogens is 2. The Morgan fingerprint density at radius 3 is 2.60 bits per heavy atom. The number of fused-ring (bicyclic) bond motifs is 1. The summed E-state index contributed by atoms with van der Waals surface area (Å²) < 4.78 is 1.75. The van der Waals surface area contributed by atoms with Gasteiger partial charge in [0.05, 0.1) is 12.6 Å². The molecule has 0 fully saturated rings. The molecule has 0 spiro atoms. The van der Waals surface area contributed by atoms with E-state index in [0.717, 1.165) is 16.7 Å². The second-order valence-corrected chi connectivity index (χ2v) is 7.11. The molecule has 0 bridgehead atoms. The zero-order valence-corrected chi connectivity index (χ0v) is 16.6. The van der Waals surface area contributed by atoms with Crippen LogP contribution in [0.1, 0.15) is 27.2 Å². The first kappa shape index (κ1) is 19.4. The van der Waals surface area contributed by atoms with Crippen LogP contribution in [0.2, 0.25) is 0 Å². The molecule has 150 valence electrons. The molecular weight excluding hydrogens is 376 g/mol. The molecule has 0 saturated heterocycles. The van der Waals surface area contributed by atoms with Crippen LogP contribution in [0.5, 0.6) is 0 Å². The molecule has 0 aliphatic heterocycles. The Morgan fingerprint density at radius 1 is 0.967 bits per heavy atom. The molecule has 30 heavy (non-hydrogen) atoms. The number of benzene rings is 2. The van der Waals surface area contributed by atoms with Crippen molar-refractivity contribution in [3.05, 3.63) is 102 Å². The highest BCUT2D eigenvalue weighted by atomic mass is 16.2. The minimum atomic E-state index is -0.234. The monoisotopic (exact) mass is 398 g/mol. The highest BCUT2D eigenvalue weighted by molar-refractivity contribution is 6.03. The summed E-state index contributed by atoms with van der Waals surface area (Å²) in [5, 5.41) is 5.89. The van der Waals surface area contributed by atoms with Crippen molar-refractivity contribution < 1.29 is 9.59 Å². The number of rotatable bonds is 6. The fraction of sp³-hybridized carbons (Fsp3) is 0.125. The number of carbonyl (C=O) groups is 2. The van der Waals surface area contributed by atoms with Gasteiger partial charge in [0.15, 0.2) is 0 Å². The van der Waals surface area contributed by atoms with E-state index in [1.165, 1.54) is 0 Å². The highest BCUT2D eigenvalue weighted by Gasteiger charge is 2.13. The lowest BCUT2D eigenvalue weighted by Crippen LogP contribution is -2.24. The van der Waals surface area contributed by atoms with Crippen LogP contribution in [0.4, 0.5) is 5.69 Å². The molecule has 6 nitrogen and oxygen atoms in total. The van der Waals surface area contributed by atoms with E-state index in [0.29, 0.717) is 30.0 Å². The second-order valence-electron chi connectivity index (χ2n) is 7.11. The number of hydrogen-bond acceptors (Lipinski definition) is 3. The predicted octanol–water partition coefficient (Wildman–Crippen LogP) is 3.75. The summed E-state index contributed by atoms with van der Waals surface area (Å²) in [4.78, 5) is 29.2. The van der Waals surface area contributed by atoms with E-state index in [1.807, 2.05) is 79.9 Å². The molecule has 4 rings (SSSR count). The van der Waals surface area contributed by atoms with E-state index in [-0.39, 0.29) is 11.8 Å². The second kappa shape index (κ2) is 8.61. The Labute approximate surface area is 174 Å². The molecule has 2 heterocycles. The van der Waals surface area contributed by atoms with E-state index in [1.54, 1.807) is 10.6 Å². The average Bonchev–Trinajstić information content (AvgIpc) is 3.19. The van der Waals surface area contributed by atoms with E-state index in [9.17, 15) is 9.59 Å². The maximum Gasteiger partial charge on any atom is 0.274 e. The van der Waals surface area contributed by atoms with Crippen LogP contribution in [-0.2, 0) is 17.8 Å². The van der Waals surface area contributed by atoms with Crippen LogP contribution >= 0.6 is 0 Å². The molecule has 0 aliphatic carbocycles. The van der Waals surface area contributed by atoms with Crippen molar-refractivity contribution in [2.45, 2.75) is 19.9 Å². The largest absolute Gasteiger partial charge is 0.352 e. The molecule has 0 unspecified atom stereocenters. The maximum atomic E-state index is 12.8. The van der Waals surface area contributed by atoms with Crippen LogP contribution in [0.15, 0.2) is 79.1 Å². The van der Waals surface area contributed by atoms with Crippen molar-refractivity contribution in [3.8, 4) is 0 Å². The third-order valence-corrected chi connectivity index (χ3v) is 4.90. The third-order valence-electron chi connectivity index (χ3n) is 4.90. The SMILES string of the molecule is Cc1ccc(CNC(=O)Cc2ccccc2)cc1NC(=O)c1cnc2ccccn12. The van der Waals surface area contributed by atoms with Gasteiger partial charge in [-0.05, 0) is 41.8 Å². The molecule has 0 aliphatic rings. The summed E-state index contributed by atoms with van der Waals surface area (Å²) in [6, 6.07) is 21.0. The van der Waals surface area contributed by atoms with E-state index >= 15 is 0 Å². The van der Waals surface area contributed by atoms with Gasteiger partial charge in [0.1, 0.15) is 11.3 Å². The van der Waals surface area contributed by atoms with Gasteiger partial charge in [0.2, 0.25) is 5.91 Å². The van der Waals surface area contributed by atoms with Crippen molar-refractivity contribution in [1.29, 1.82) is 0 Å². The van der Waals surface area contributed by atoms with Crippen molar-refractivity contribution in [2.75, 3.05) is 5.32 Å². The Bertz CT molecular complexity index is 1200. The van der Waals surface area contributed by atoms with Gasteiger partial charge in [-0.25, -0.2) is 4.98 Å². The molecule has 6 heteroatoms. The first-order chi connectivity index (χ1) is 14.6. The zero-order valence-electron chi connectivity index (χ0n) is 16.6. The topological polar surface area (TPSA) is 75.5 Å². The van der Waals surface area contributed by atoms with E-state index < -0.39 is 0 Å².